The van der Waals surface area contributed by atoms with E-state index in [4.69, 9.17) is 18.9 Å². The number of ether oxygens (including phenoxy) is 4. The smallest absolute Gasteiger partial charge is 0.303 e. The zero-order chi connectivity index (χ0) is 19.4. The summed E-state index contributed by atoms with van der Waals surface area (Å²) < 4.78 is 21.6. The molecule has 9 nitrogen and oxygen atoms in total. The Morgan fingerprint density at radius 1 is 0.731 bits per heavy atom. The van der Waals surface area contributed by atoms with Gasteiger partial charge in [-0.3, -0.25) is 24.1 Å². The van der Waals surface area contributed by atoms with Gasteiger partial charge in [0.2, 0.25) is 0 Å². The number of rotatable bonds is 4. The molecule has 0 bridgehead atoms. The van der Waals surface area contributed by atoms with Gasteiger partial charge in [0.05, 0.1) is 6.04 Å². The number of piperidine rings is 2. The highest BCUT2D eigenvalue weighted by Gasteiger charge is 2.53. The van der Waals surface area contributed by atoms with E-state index in [1.807, 2.05) is 4.90 Å². The zero-order valence-corrected chi connectivity index (χ0v) is 15.4. The molecular formula is C17H25NO8. The highest BCUT2D eigenvalue weighted by Crippen LogP contribution is 2.33. The molecule has 2 rings (SSSR count). The van der Waals surface area contributed by atoms with Gasteiger partial charge < -0.3 is 18.9 Å². The summed E-state index contributed by atoms with van der Waals surface area (Å²) in [4.78, 5) is 48.2. The molecule has 0 amide bonds. The van der Waals surface area contributed by atoms with Crippen molar-refractivity contribution >= 4 is 23.9 Å². The Bertz CT molecular complexity index is 577. The van der Waals surface area contributed by atoms with E-state index in [0.29, 0.717) is 13.0 Å². The van der Waals surface area contributed by atoms with Crippen LogP contribution in [0.3, 0.4) is 0 Å². The monoisotopic (exact) mass is 371 g/mol. The lowest BCUT2D eigenvalue weighted by Gasteiger charge is -2.51. The fourth-order valence-electron chi connectivity index (χ4n) is 3.75. The molecule has 0 spiro atoms. The summed E-state index contributed by atoms with van der Waals surface area (Å²) >= 11 is 0. The van der Waals surface area contributed by atoms with Crippen molar-refractivity contribution in [2.75, 3.05) is 13.1 Å². The van der Waals surface area contributed by atoms with Crippen molar-refractivity contribution in [3.8, 4) is 0 Å². The maximum Gasteiger partial charge on any atom is 0.303 e. The maximum atomic E-state index is 11.7. The minimum atomic E-state index is -0.974. The molecule has 0 radical (unpaired) electrons. The van der Waals surface area contributed by atoms with Crippen molar-refractivity contribution in [2.24, 2.45) is 0 Å². The van der Waals surface area contributed by atoms with Gasteiger partial charge in [0.25, 0.3) is 0 Å². The second-order valence-corrected chi connectivity index (χ2v) is 6.57. The Labute approximate surface area is 151 Å². The standard InChI is InChI=1S/C17H25NO8/c1-9(19)23-13-6-5-7-18-8-14(24-10(2)20)16(25-11(3)21)17(15(13)18)26-12(4)22/h13-17H,5-8H2,1-4H3/t13-,14-,15-,16+,17+/m0/s1. The molecule has 2 heterocycles. The highest BCUT2D eigenvalue weighted by atomic mass is 16.6. The van der Waals surface area contributed by atoms with Crippen LogP contribution in [0, 0.1) is 0 Å². The van der Waals surface area contributed by atoms with Crippen LogP contribution in [0.2, 0.25) is 0 Å². The number of esters is 4. The first-order valence-corrected chi connectivity index (χ1v) is 8.62. The van der Waals surface area contributed by atoms with E-state index in [2.05, 4.69) is 0 Å². The van der Waals surface area contributed by atoms with Crippen LogP contribution in [-0.4, -0.2) is 72.3 Å². The average molecular weight is 371 g/mol. The lowest BCUT2D eigenvalue weighted by molar-refractivity contribution is -0.218. The highest BCUT2D eigenvalue weighted by molar-refractivity contribution is 5.69. The van der Waals surface area contributed by atoms with E-state index >= 15 is 0 Å². The first-order chi connectivity index (χ1) is 12.2. The van der Waals surface area contributed by atoms with Crippen molar-refractivity contribution in [3.63, 3.8) is 0 Å². The third-order valence-electron chi connectivity index (χ3n) is 4.42. The van der Waals surface area contributed by atoms with Crippen LogP contribution in [0.15, 0.2) is 0 Å². The summed E-state index contributed by atoms with van der Waals surface area (Å²) in [7, 11) is 0. The van der Waals surface area contributed by atoms with Crippen LogP contribution in [0.5, 0.6) is 0 Å². The summed E-state index contributed by atoms with van der Waals surface area (Å²) in [5, 5.41) is 0. The number of nitrogens with zero attached hydrogens (tertiary/aromatic N) is 1. The van der Waals surface area contributed by atoms with Crippen LogP contribution < -0.4 is 0 Å². The van der Waals surface area contributed by atoms with E-state index in [1.54, 1.807) is 0 Å². The average Bonchev–Trinajstić information content (AvgIpc) is 2.48. The van der Waals surface area contributed by atoms with Gasteiger partial charge in [0.1, 0.15) is 6.10 Å². The predicted octanol–water partition coefficient (Wildman–Crippen LogP) is 0.191. The number of fused-ring (bicyclic) bond motifs is 1. The molecule has 0 aromatic rings. The summed E-state index contributed by atoms with van der Waals surface area (Å²) in [6, 6.07) is -0.479. The number of carbonyl (C=O) groups excluding carboxylic acids is 4. The van der Waals surface area contributed by atoms with Crippen LogP contribution in [0.4, 0.5) is 0 Å². The number of hydrogen-bond acceptors (Lipinski definition) is 9. The molecule has 9 heteroatoms. The van der Waals surface area contributed by atoms with Gasteiger partial charge in [-0.25, -0.2) is 0 Å². The second kappa shape index (κ2) is 8.48. The Morgan fingerprint density at radius 3 is 1.77 bits per heavy atom. The molecule has 5 atom stereocenters. The lowest BCUT2D eigenvalue weighted by atomic mass is 9.85. The number of hydrogen-bond donors (Lipinski definition) is 0. The van der Waals surface area contributed by atoms with Gasteiger partial charge in [-0.05, 0) is 19.4 Å². The SMILES string of the molecule is CC(=O)O[C@H]1[C@H](OC(C)=O)[C@@H](OC(C)=O)CN2CCC[C@H](OC(C)=O)[C@@H]12. The van der Waals surface area contributed by atoms with Crippen LogP contribution in [0.25, 0.3) is 0 Å². The molecule has 2 saturated heterocycles. The van der Waals surface area contributed by atoms with Gasteiger partial charge in [0.15, 0.2) is 18.3 Å². The molecular weight excluding hydrogens is 346 g/mol. The van der Waals surface area contributed by atoms with Gasteiger partial charge in [-0.2, -0.15) is 0 Å². The number of carbonyl (C=O) groups is 4. The van der Waals surface area contributed by atoms with Crippen LogP contribution in [0.1, 0.15) is 40.5 Å². The van der Waals surface area contributed by atoms with Crippen molar-refractivity contribution < 1.29 is 38.1 Å². The molecule has 0 saturated carbocycles. The van der Waals surface area contributed by atoms with Gasteiger partial charge in [-0.15, -0.1) is 0 Å². The Kier molecular flexibility index (Phi) is 6.57. The van der Waals surface area contributed by atoms with E-state index in [-0.39, 0.29) is 6.54 Å². The minimum Gasteiger partial charge on any atom is -0.461 e. The zero-order valence-electron chi connectivity index (χ0n) is 15.4. The van der Waals surface area contributed by atoms with Crippen molar-refractivity contribution in [2.45, 2.75) is 71.0 Å². The largest absolute Gasteiger partial charge is 0.461 e. The van der Waals surface area contributed by atoms with Crippen molar-refractivity contribution in [1.82, 2.24) is 4.90 Å². The Balaban J connectivity index is 2.38. The first kappa shape index (κ1) is 20.2. The van der Waals surface area contributed by atoms with E-state index in [0.717, 1.165) is 6.42 Å². The topological polar surface area (TPSA) is 108 Å². The van der Waals surface area contributed by atoms with E-state index in [9.17, 15) is 19.2 Å². The molecule has 2 aliphatic heterocycles. The molecule has 146 valence electrons. The minimum absolute atomic E-state index is 0.289. The second-order valence-electron chi connectivity index (χ2n) is 6.57. The molecule has 2 aliphatic rings. The van der Waals surface area contributed by atoms with Crippen LogP contribution >= 0.6 is 0 Å². The summed E-state index contributed by atoms with van der Waals surface area (Å²) in [5.74, 6) is -2.12. The molecule has 0 N–H and O–H groups in total. The third kappa shape index (κ3) is 4.94. The molecule has 0 aromatic carbocycles. The molecule has 26 heavy (non-hydrogen) atoms. The normalized spacial score (nSPS) is 31.3. The molecule has 0 aromatic heterocycles. The van der Waals surface area contributed by atoms with Gasteiger partial charge in [0, 0.05) is 34.2 Å². The summed E-state index contributed by atoms with van der Waals surface area (Å²) in [5.41, 5.74) is 0. The lowest BCUT2D eigenvalue weighted by Crippen LogP contribution is -2.69. The summed E-state index contributed by atoms with van der Waals surface area (Å²) in [6.45, 7) is 5.99. The maximum absolute atomic E-state index is 11.7. The fraction of sp³-hybridized carbons (Fsp3) is 0.765. The third-order valence-corrected chi connectivity index (χ3v) is 4.42. The summed E-state index contributed by atoms with van der Waals surface area (Å²) in [6.07, 6.45) is -1.82. The van der Waals surface area contributed by atoms with Gasteiger partial charge >= 0.3 is 23.9 Å². The molecule has 0 unspecified atom stereocenters. The van der Waals surface area contributed by atoms with Crippen molar-refractivity contribution in [1.29, 1.82) is 0 Å². The molecule has 2 fully saturated rings. The van der Waals surface area contributed by atoms with Crippen molar-refractivity contribution in [3.05, 3.63) is 0 Å². The fourth-order valence-corrected chi connectivity index (χ4v) is 3.75. The van der Waals surface area contributed by atoms with E-state index in [1.165, 1.54) is 27.7 Å². The van der Waals surface area contributed by atoms with Gasteiger partial charge in [-0.1, -0.05) is 0 Å². The molecule has 0 aliphatic carbocycles. The van der Waals surface area contributed by atoms with E-state index < -0.39 is 54.3 Å². The Hall–Kier alpha value is -2.16. The Morgan fingerprint density at radius 2 is 1.23 bits per heavy atom. The quantitative estimate of drug-likeness (QED) is 0.505. The van der Waals surface area contributed by atoms with Crippen LogP contribution in [-0.2, 0) is 38.1 Å². The predicted molar refractivity (Wildman–Crippen MR) is 86.8 cm³/mol. The first-order valence-electron chi connectivity index (χ1n) is 8.62.